The Balaban J connectivity index is 0.000000195. The maximum Gasteiger partial charge on any atom is 0.401 e. The van der Waals surface area contributed by atoms with Crippen molar-refractivity contribution in [2.75, 3.05) is 71.0 Å². The number of hydrogen-bond donors (Lipinski definition) is 2. The van der Waals surface area contributed by atoms with Gasteiger partial charge in [0.1, 0.15) is 23.0 Å². The van der Waals surface area contributed by atoms with Gasteiger partial charge in [0.05, 0.1) is 93.2 Å². The molecule has 0 atom stereocenters. The summed E-state index contributed by atoms with van der Waals surface area (Å²) in [6.45, 7) is 5.91. The molecule has 0 unspecified atom stereocenters. The van der Waals surface area contributed by atoms with Gasteiger partial charge in [-0.25, -0.2) is 9.97 Å². The van der Waals surface area contributed by atoms with Gasteiger partial charge in [-0.15, -0.1) is 0 Å². The fourth-order valence-corrected chi connectivity index (χ4v) is 8.77. The number of ether oxygens (including phenoxy) is 4. The first-order chi connectivity index (χ1) is 35.1. The zero-order valence-corrected chi connectivity index (χ0v) is 42.6. The molecule has 19 heteroatoms. The van der Waals surface area contributed by atoms with Crippen LogP contribution in [0.3, 0.4) is 0 Å². The van der Waals surface area contributed by atoms with Crippen LogP contribution in [0.4, 0.5) is 35.9 Å². The minimum absolute atomic E-state index is 0.193. The molecule has 8 aromatic rings. The van der Waals surface area contributed by atoms with E-state index in [1.165, 1.54) is 19.3 Å². The van der Waals surface area contributed by atoms with Crippen molar-refractivity contribution in [2.45, 2.75) is 51.7 Å². The molecule has 0 amide bonds. The van der Waals surface area contributed by atoms with Gasteiger partial charge in [-0.1, -0.05) is 20.3 Å². The number of alkyl halides is 3. The Morgan fingerprint density at radius 1 is 0.630 bits per heavy atom. The average Bonchev–Trinajstić information content (AvgIpc) is 4.03. The van der Waals surface area contributed by atoms with Crippen LogP contribution in [0.25, 0.3) is 44.6 Å². The van der Waals surface area contributed by atoms with Gasteiger partial charge in [-0.05, 0) is 62.2 Å². The summed E-state index contributed by atoms with van der Waals surface area (Å²) in [7, 11) is 10.2. The number of fused-ring (bicyclic) bond motifs is 2. The summed E-state index contributed by atoms with van der Waals surface area (Å²) in [5.74, 6) is 2.73. The van der Waals surface area contributed by atoms with Crippen molar-refractivity contribution in [3.05, 3.63) is 110 Å². The van der Waals surface area contributed by atoms with Crippen molar-refractivity contribution >= 4 is 44.8 Å². The van der Waals surface area contributed by atoms with E-state index in [4.69, 9.17) is 28.9 Å². The number of benzene rings is 4. The van der Waals surface area contributed by atoms with E-state index in [1.54, 1.807) is 56.3 Å². The third kappa shape index (κ3) is 13.1. The molecule has 2 N–H and O–H groups in total. The minimum Gasteiger partial charge on any atom is -0.497 e. The van der Waals surface area contributed by atoms with Crippen molar-refractivity contribution in [1.29, 1.82) is 0 Å². The summed E-state index contributed by atoms with van der Waals surface area (Å²) in [6.07, 6.45) is 10.7. The van der Waals surface area contributed by atoms with Gasteiger partial charge >= 0.3 is 6.18 Å². The number of rotatable bonds is 20. The summed E-state index contributed by atoms with van der Waals surface area (Å²) in [5, 5.41) is 14.6. The molecule has 384 valence electrons. The number of nitrogens with zero attached hydrogens (tertiary/aromatic N) is 10. The van der Waals surface area contributed by atoms with Gasteiger partial charge < -0.3 is 39.4 Å². The van der Waals surface area contributed by atoms with Crippen molar-refractivity contribution in [2.24, 2.45) is 19.5 Å². The Bertz CT molecular complexity index is 3080. The normalized spacial score (nSPS) is 13.1. The van der Waals surface area contributed by atoms with Crippen LogP contribution in [0, 0.1) is 5.41 Å². The standard InChI is InChI=1S/C29H36N6O2.C25H27F3N6O2/c1-20(2)31-18-29(9-6-10-29)19-35(23-11-24(36-4)14-25(12-23)37-5)22-7-8-26-27(13-22)33-28(16-30-26)21-15-32-34(3)17-21;1-33-15-17(13-31-33)24-14-30-22-6-5-18(11-23(22)32-24)34(8-4-7-29-16-25(26,27)28)19-9-20(35-2)12-21(10-19)36-3/h7-8,11-17,20,31H,6,9-10,18-19H2,1-5H3;5-6,9-15,29H,4,7-8,16H2,1-3H3. The zero-order valence-electron chi connectivity index (χ0n) is 42.6. The Kier molecular flexibility index (Phi) is 16.3. The second-order valence-corrected chi connectivity index (χ2v) is 18.6. The minimum atomic E-state index is -4.25. The molecule has 1 saturated carbocycles. The molecule has 9 rings (SSSR count). The highest BCUT2D eigenvalue weighted by atomic mass is 19.4. The Hall–Kier alpha value is -7.51. The lowest BCUT2D eigenvalue weighted by molar-refractivity contribution is -0.124. The van der Waals surface area contributed by atoms with Crippen molar-refractivity contribution in [1.82, 2.24) is 50.1 Å². The second-order valence-electron chi connectivity index (χ2n) is 18.6. The first-order valence-corrected chi connectivity index (χ1v) is 24.2. The Morgan fingerprint density at radius 2 is 1.11 bits per heavy atom. The molecule has 0 bridgehead atoms. The van der Waals surface area contributed by atoms with Crippen molar-refractivity contribution in [3.8, 4) is 45.5 Å². The molecule has 16 nitrogen and oxygen atoms in total. The van der Waals surface area contributed by atoms with E-state index >= 15 is 0 Å². The molecule has 0 aliphatic heterocycles. The van der Waals surface area contributed by atoms with E-state index in [-0.39, 0.29) is 12.0 Å². The van der Waals surface area contributed by atoms with Gasteiger partial charge in [0.15, 0.2) is 0 Å². The van der Waals surface area contributed by atoms with Gasteiger partial charge in [0, 0.05) is 128 Å². The van der Waals surface area contributed by atoms with Crippen LogP contribution in [0.1, 0.15) is 39.5 Å². The third-order valence-electron chi connectivity index (χ3n) is 12.8. The van der Waals surface area contributed by atoms with Crippen LogP contribution in [0.5, 0.6) is 23.0 Å². The first-order valence-electron chi connectivity index (χ1n) is 24.2. The molecular formula is C54H63F3N12O4. The second kappa shape index (κ2) is 22.9. The molecule has 1 aliphatic rings. The molecule has 1 aliphatic carbocycles. The van der Waals surface area contributed by atoms with Crippen LogP contribution in [-0.2, 0) is 14.1 Å². The summed E-state index contributed by atoms with van der Waals surface area (Å²) >= 11 is 0. The fraction of sp³-hybridized carbons (Fsp3) is 0.370. The quantitative estimate of drug-likeness (QED) is 0.0696. The van der Waals surface area contributed by atoms with Crippen LogP contribution < -0.4 is 39.4 Å². The topological polar surface area (TPSA) is 155 Å². The van der Waals surface area contributed by atoms with E-state index in [9.17, 15) is 13.2 Å². The summed E-state index contributed by atoms with van der Waals surface area (Å²) < 4.78 is 63.1. The van der Waals surface area contributed by atoms with Crippen LogP contribution in [0.2, 0.25) is 0 Å². The SMILES string of the molecule is COc1cc(OC)cc(N(CC2(CNC(C)C)CCC2)c2ccc3ncc(-c4cnn(C)c4)nc3c2)c1.COc1cc(OC)cc(N(CCCNCC(F)(F)F)c2ccc3ncc(-c4cnn(C)c4)nc3c2)c1. The lowest BCUT2D eigenvalue weighted by Gasteiger charge is -2.46. The highest BCUT2D eigenvalue weighted by Crippen LogP contribution is 2.45. The van der Waals surface area contributed by atoms with Gasteiger partial charge in [-0.3, -0.25) is 19.3 Å². The number of halogens is 3. The molecule has 0 radical (unpaired) electrons. The summed E-state index contributed by atoms with van der Waals surface area (Å²) in [4.78, 5) is 23.3. The number of hydrogen-bond acceptors (Lipinski definition) is 14. The van der Waals surface area contributed by atoms with Gasteiger partial charge in [0.25, 0.3) is 0 Å². The maximum absolute atomic E-state index is 12.5. The third-order valence-corrected chi connectivity index (χ3v) is 12.8. The van der Waals surface area contributed by atoms with Crippen LogP contribution >= 0.6 is 0 Å². The van der Waals surface area contributed by atoms with E-state index in [1.807, 2.05) is 80.2 Å². The van der Waals surface area contributed by atoms with Gasteiger partial charge in [-0.2, -0.15) is 23.4 Å². The average molecular weight is 1000 g/mol. The number of anilines is 4. The molecule has 1 fully saturated rings. The molecule has 0 spiro atoms. The monoisotopic (exact) mass is 1000 g/mol. The summed E-state index contributed by atoms with van der Waals surface area (Å²) in [5.41, 5.74) is 10.3. The molecule has 4 aromatic carbocycles. The predicted octanol–water partition coefficient (Wildman–Crippen LogP) is 10.1. The van der Waals surface area contributed by atoms with Crippen LogP contribution in [-0.4, -0.2) is 113 Å². The lowest BCUT2D eigenvalue weighted by atomic mass is 9.68. The summed E-state index contributed by atoms with van der Waals surface area (Å²) in [6, 6.07) is 24.0. The Morgan fingerprint density at radius 3 is 1.52 bits per heavy atom. The zero-order chi connectivity index (χ0) is 51.7. The van der Waals surface area contributed by atoms with Gasteiger partial charge in [0.2, 0.25) is 0 Å². The van der Waals surface area contributed by atoms with E-state index in [0.29, 0.717) is 41.7 Å². The van der Waals surface area contributed by atoms with Crippen molar-refractivity contribution < 1.29 is 32.1 Å². The molecule has 0 saturated heterocycles. The molecular weight excluding hydrogens is 938 g/mol. The number of methoxy groups -OCH3 is 4. The van der Waals surface area contributed by atoms with E-state index in [2.05, 4.69) is 79.9 Å². The fourth-order valence-electron chi connectivity index (χ4n) is 8.77. The largest absolute Gasteiger partial charge is 0.497 e. The highest BCUT2D eigenvalue weighted by molar-refractivity contribution is 5.84. The molecule has 73 heavy (non-hydrogen) atoms. The molecule has 4 heterocycles. The maximum atomic E-state index is 12.5. The van der Waals surface area contributed by atoms with Crippen LogP contribution in [0.15, 0.2) is 110 Å². The lowest BCUT2D eigenvalue weighted by Crippen LogP contribution is -2.48. The Labute approximate surface area is 423 Å². The molecule has 4 aromatic heterocycles. The number of aryl methyl sites for hydroxylation is 2. The highest BCUT2D eigenvalue weighted by Gasteiger charge is 2.39. The first kappa shape index (κ1) is 51.8. The smallest absolute Gasteiger partial charge is 0.401 e. The number of nitrogens with one attached hydrogen (secondary N) is 2. The number of aromatic nitrogens is 8. The predicted molar refractivity (Wildman–Crippen MR) is 280 cm³/mol. The van der Waals surface area contributed by atoms with E-state index < -0.39 is 12.7 Å². The van der Waals surface area contributed by atoms with E-state index in [0.717, 1.165) is 80.7 Å². The van der Waals surface area contributed by atoms with Crippen molar-refractivity contribution in [3.63, 3.8) is 0 Å².